The van der Waals surface area contributed by atoms with Gasteiger partial charge in [-0.05, 0) is 26.8 Å². The molecule has 0 aromatic carbocycles. The Kier molecular flexibility index (Phi) is 7.66. The van der Waals surface area contributed by atoms with Gasteiger partial charge < -0.3 is 24.7 Å². The van der Waals surface area contributed by atoms with Gasteiger partial charge in [-0.2, -0.15) is 0 Å². The van der Waals surface area contributed by atoms with Crippen LogP contribution in [0.25, 0.3) is 0 Å². The van der Waals surface area contributed by atoms with Crippen molar-refractivity contribution in [3.05, 3.63) is 27.7 Å². The maximum atomic E-state index is 13.3. The Morgan fingerprint density at radius 2 is 2.19 bits per heavy atom. The highest BCUT2D eigenvalue weighted by molar-refractivity contribution is 8.00. The largest absolute Gasteiger partial charge is 0.457 e. The molecular weight excluding hydrogens is 512 g/mol. The molecule has 4 heterocycles. The van der Waals surface area contributed by atoms with Gasteiger partial charge in [0.2, 0.25) is 0 Å². The average molecular weight is 539 g/mol. The summed E-state index contributed by atoms with van der Waals surface area (Å²) in [6.45, 7) is 5.02. The number of β-lactam (4-membered cyclic amide) rings is 1. The molecule has 4 rings (SSSR count). The number of nitrogens with one attached hydrogen (secondary N) is 1. The predicted octanol–water partition coefficient (Wildman–Crippen LogP) is 0.333. The van der Waals surface area contributed by atoms with Crippen LogP contribution in [0.15, 0.2) is 22.2 Å². The van der Waals surface area contributed by atoms with E-state index in [2.05, 4.69) is 15.5 Å². The first-order valence-corrected chi connectivity index (χ1v) is 13.1. The van der Waals surface area contributed by atoms with E-state index in [0.29, 0.717) is 10.8 Å². The number of aliphatic hydroxyl groups is 1. The molecule has 2 N–H and O–H groups in total. The maximum Gasteiger partial charge on any atom is 0.373 e. The Labute approximate surface area is 215 Å². The molecule has 1 aromatic rings. The van der Waals surface area contributed by atoms with Gasteiger partial charge in [-0.3, -0.25) is 19.3 Å². The summed E-state index contributed by atoms with van der Waals surface area (Å²) in [4.78, 5) is 62.1. The highest BCUT2D eigenvalue weighted by Gasteiger charge is 2.71. The first-order chi connectivity index (χ1) is 17.2. The van der Waals surface area contributed by atoms with Crippen molar-refractivity contribution in [2.24, 2.45) is 11.1 Å². The number of carbonyl (C=O) groups is 4. The molecule has 0 aliphatic carbocycles. The molecule has 3 aliphatic rings. The van der Waals surface area contributed by atoms with Crippen LogP contribution in [0.5, 0.6) is 0 Å². The molecule has 0 spiro atoms. The van der Waals surface area contributed by atoms with Crippen LogP contribution in [0.2, 0.25) is 0 Å². The lowest BCUT2D eigenvalue weighted by Crippen LogP contribution is -2.80. The number of carbonyl (C=O) groups excluding carboxylic acids is 4. The molecule has 12 nitrogen and oxygen atoms in total. The van der Waals surface area contributed by atoms with Crippen molar-refractivity contribution in [3.63, 3.8) is 0 Å². The van der Waals surface area contributed by atoms with Crippen molar-refractivity contribution in [2.45, 2.75) is 44.3 Å². The highest BCUT2D eigenvalue weighted by atomic mass is 32.2. The van der Waals surface area contributed by atoms with Gasteiger partial charge in [0.05, 0.1) is 18.0 Å². The Bertz CT molecular complexity index is 1130. The fourth-order valence-electron chi connectivity index (χ4n) is 4.12. The van der Waals surface area contributed by atoms with Gasteiger partial charge in [0.25, 0.3) is 17.5 Å². The summed E-state index contributed by atoms with van der Waals surface area (Å²) in [5, 5.41) is 17.1. The van der Waals surface area contributed by atoms with Crippen LogP contribution in [0.4, 0.5) is 0 Å². The number of aliphatic hydroxyl groups excluding tert-OH is 1. The fourth-order valence-corrected chi connectivity index (χ4v) is 6.28. The van der Waals surface area contributed by atoms with Crippen LogP contribution in [-0.2, 0) is 33.5 Å². The second-order valence-electron chi connectivity index (χ2n) is 8.58. The maximum absolute atomic E-state index is 13.3. The van der Waals surface area contributed by atoms with Crippen LogP contribution in [0, 0.1) is 12.8 Å². The van der Waals surface area contributed by atoms with E-state index in [1.54, 1.807) is 18.4 Å². The lowest BCUT2D eigenvalue weighted by Gasteiger charge is -2.56. The number of ether oxygens (including phenoxy) is 2. The number of hydrogen-bond donors (Lipinski definition) is 2. The van der Waals surface area contributed by atoms with E-state index < -0.39 is 46.8 Å². The van der Waals surface area contributed by atoms with Crippen LogP contribution in [-0.4, -0.2) is 87.2 Å². The monoisotopic (exact) mass is 538 g/mol. The van der Waals surface area contributed by atoms with Gasteiger partial charge in [-0.25, -0.2) is 9.78 Å². The Morgan fingerprint density at radius 3 is 2.86 bits per heavy atom. The molecule has 194 valence electrons. The molecule has 0 unspecified atom stereocenters. The Balaban J connectivity index is 1.54. The van der Waals surface area contributed by atoms with Gasteiger partial charge in [0, 0.05) is 17.1 Å². The van der Waals surface area contributed by atoms with Crippen LogP contribution >= 0.6 is 23.1 Å². The molecule has 0 radical (unpaired) electrons. The topological polar surface area (TPSA) is 157 Å². The Hall–Kier alpha value is -2.97. The predicted molar refractivity (Wildman–Crippen MR) is 129 cm³/mol. The van der Waals surface area contributed by atoms with Crippen molar-refractivity contribution < 1.29 is 38.6 Å². The van der Waals surface area contributed by atoms with Gasteiger partial charge in [-0.15, -0.1) is 23.1 Å². The third kappa shape index (κ3) is 4.72. The van der Waals surface area contributed by atoms with E-state index in [-0.39, 0.29) is 37.6 Å². The van der Waals surface area contributed by atoms with E-state index in [9.17, 15) is 19.2 Å². The van der Waals surface area contributed by atoms with E-state index in [1.165, 1.54) is 28.0 Å². The molecule has 0 saturated carbocycles. The smallest absolute Gasteiger partial charge is 0.373 e. The molecule has 0 bridgehead atoms. The normalized spacial score (nSPS) is 26.8. The molecular formula is C22H26N4O8S2. The molecule has 36 heavy (non-hydrogen) atoms. The average Bonchev–Trinajstić information content (AvgIpc) is 3.41. The summed E-state index contributed by atoms with van der Waals surface area (Å²) in [5.41, 5.74) is -0.803. The van der Waals surface area contributed by atoms with E-state index >= 15 is 0 Å². The summed E-state index contributed by atoms with van der Waals surface area (Å²) in [5.74, 6) is -2.89. The van der Waals surface area contributed by atoms with Crippen LogP contribution in [0.1, 0.15) is 31.0 Å². The van der Waals surface area contributed by atoms with Gasteiger partial charge in [-0.1, -0.05) is 10.7 Å². The molecule has 2 amide bonds. The summed E-state index contributed by atoms with van der Waals surface area (Å²) < 4.78 is 10.9. The van der Waals surface area contributed by atoms with Gasteiger partial charge in [0.1, 0.15) is 30.3 Å². The molecule has 3 aliphatic heterocycles. The number of aromatic nitrogens is 1. The summed E-state index contributed by atoms with van der Waals surface area (Å²) in [7, 11) is 0. The summed E-state index contributed by atoms with van der Waals surface area (Å²) >= 11 is 2.65. The second kappa shape index (κ2) is 10.6. The highest BCUT2D eigenvalue weighted by Crippen LogP contribution is 2.51. The molecule has 3 fully saturated rings. The number of rotatable bonds is 9. The van der Waals surface area contributed by atoms with Crippen molar-refractivity contribution >= 4 is 52.6 Å². The number of hydrogen-bond acceptors (Lipinski definition) is 12. The van der Waals surface area contributed by atoms with E-state index in [0.717, 1.165) is 5.57 Å². The zero-order chi connectivity index (χ0) is 26.0. The summed E-state index contributed by atoms with van der Waals surface area (Å²) in [6, 6.07) is -0.993. The number of fused-ring (bicyclic) bond motifs is 3. The van der Waals surface area contributed by atoms with Crippen molar-refractivity contribution in [1.29, 1.82) is 0 Å². The first-order valence-electron chi connectivity index (χ1n) is 11.2. The number of thiazole rings is 1. The molecule has 4 atom stereocenters. The minimum atomic E-state index is -1.85. The number of aryl methyl sites for hydroxylation is 1. The van der Waals surface area contributed by atoms with Gasteiger partial charge in [0.15, 0.2) is 5.71 Å². The number of amides is 2. The van der Waals surface area contributed by atoms with Crippen molar-refractivity contribution in [2.75, 3.05) is 25.6 Å². The van der Waals surface area contributed by atoms with Gasteiger partial charge >= 0.3 is 11.9 Å². The molecule has 3 saturated heterocycles. The molecule has 14 heteroatoms. The number of esters is 2. The zero-order valence-corrected chi connectivity index (χ0v) is 21.5. The SMILES string of the molecule is CC(C)=CCOC(=O)[C@]12OC(=O)C[C@H]1CS[C@@H]1[C@H](NC(=O)/C(=N\OCCO)c3csc(C)n3)C(=O)N12. The molecule has 1 aromatic heterocycles. The second-order valence-corrected chi connectivity index (χ2v) is 10.8. The first kappa shape index (κ1) is 26.1. The zero-order valence-electron chi connectivity index (χ0n) is 19.9. The van der Waals surface area contributed by atoms with E-state index in [4.69, 9.17) is 19.4 Å². The quantitative estimate of drug-likeness (QED) is 0.112. The number of thioether (sulfide) groups is 1. The number of allylic oxidation sites excluding steroid dienone is 1. The van der Waals surface area contributed by atoms with Crippen molar-refractivity contribution in [3.8, 4) is 0 Å². The minimum absolute atomic E-state index is 0.0134. The third-order valence-electron chi connectivity index (χ3n) is 5.81. The standard InChI is InChI=1S/C22H26N4O8S2/c1-11(2)4-6-32-21(31)22-13(8-15(28)34-22)9-36-20-17(19(30)26(20)22)24-18(29)16(25-33-7-5-27)14-10-35-12(3)23-14/h4,10,13,17,20,27H,5-9H2,1-3H3,(H,24,29)/b25-16-/t13-,17+,20+,22+/m0/s1. The lowest BCUT2D eigenvalue weighted by atomic mass is 9.89. The number of nitrogens with zero attached hydrogens (tertiary/aromatic N) is 3. The third-order valence-corrected chi connectivity index (χ3v) is 8.00. The Morgan fingerprint density at radius 1 is 1.42 bits per heavy atom. The fraction of sp³-hybridized carbons (Fsp3) is 0.545. The lowest BCUT2D eigenvalue weighted by molar-refractivity contribution is -0.218. The van der Waals surface area contributed by atoms with Crippen molar-refractivity contribution in [1.82, 2.24) is 15.2 Å². The van der Waals surface area contributed by atoms with Crippen LogP contribution < -0.4 is 5.32 Å². The minimum Gasteiger partial charge on any atom is -0.457 e. The summed E-state index contributed by atoms with van der Waals surface area (Å²) in [6.07, 6.45) is 1.69. The van der Waals surface area contributed by atoms with Crippen LogP contribution in [0.3, 0.4) is 0 Å². The number of oxime groups is 1. The van der Waals surface area contributed by atoms with E-state index in [1.807, 2.05) is 13.8 Å².